The van der Waals surface area contributed by atoms with E-state index in [1.807, 2.05) is 12.1 Å². The molecule has 1 fully saturated rings. The number of phenolic OH excluding ortho intramolecular Hbond substituents is 1. The average Bonchev–Trinajstić information content (AvgIpc) is 2.85. The second-order valence-corrected chi connectivity index (χ2v) is 4.92. The number of nitrogens with one attached hydrogen (secondary N) is 1. The lowest BCUT2D eigenvalue weighted by molar-refractivity contribution is 0.179. The summed E-state index contributed by atoms with van der Waals surface area (Å²) in [6.07, 6.45) is 2.47. The first kappa shape index (κ1) is 13.3. The standard InChI is InChI=1S/C14H22N2O2/c17-9-8-16(11-13-2-1-7-15-13)10-12-3-5-14(18)6-4-12/h3-6,13,15,17-18H,1-2,7-11H2. The molecule has 1 aliphatic rings. The van der Waals surface area contributed by atoms with Crippen molar-refractivity contribution in [3.8, 4) is 5.75 Å². The van der Waals surface area contributed by atoms with Crippen molar-refractivity contribution in [3.05, 3.63) is 29.8 Å². The summed E-state index contributed by atoms with van der Waals surface area (Å²) in [6.45, 7) is 3.78. The van der Waals surface area contributed by atoms with Crippen molar-refractivity contribution in [2.24, 2.45) is 0 Å². The van der Waals surface area contributed by atoms with Gasteiger partial charge in [0.25, 0.3) is 0 Å². The van der Waals surface area contributed by atoms with E-state index in [2.05, 4.69) is 10.2 Å². The van der Waals surface area contributed by atoms with Gasteiger partial charge in [-0.1, -0.05) is 12.1 Å². The predicted molar refractivity (Wildman–Crippen MR) is 71.5 cm³/mol. The lowest BCUT2D eigenvalue weighted by Crippen LogP contribution is -2.38. The van der Waals surface area contributed by atoms with Crippen LogP contribution in [0, 0.1) is 0 Å². The van der Waals surface area contributed by atoms with Crippen LogP contribution in [-0.2, 0) is 6.54 Å². The Kier molecular flexibility index (Phi) is 4.99. The monoisotopic (exact) mass is 250 g/mol. The summed E-state index contributed by atoms with van der Waals surface area (Å²) in [4.78, 5) is 2.26. The van der Waals surface area contributed by atoms with E-state index in [9.17, 15) is 5.11 Å². The van der Waals surface area contributed by atoms with Crippen LogP contribution in [0.25, 0.3) is 0 Å². The van der Waals surface area contributed by atoms with Gasteiger partial charge in [-0.25, -0.2) is 0 Å². The van der Waals surface area contributed by atoms with Gasteiger partial charge in [0.2, 0.25) is 0 Å². The molecule has 0 radical (unpaired) electrons. The van der Waals surface area contributed by atoms with Crippen molar-refractivity contribution in [1.29, 1.82) is 0 Å². The second-order valence-electron chi connectivity index (χ2n) is 4.92. The van der Waals surface area contributed by atoms with Crippen LogP contribution in [0.4, 0.5) is 0 Å². The Morgan fingerprint density at radius 3 is 2.67 bits per heavy atom. The molecule has 3 N–H and O–H groups in total. The van der Waals surface area contributed by atoms with E-state index >= 15 is 0 Å². The number of hydrogen-bond donors (Lipinski definition) is 3. The molecule has 0 aliphatic carbocycles. The van der Waals surface area contributed by atoms with Crippen LogP contribution in [0.2, 0.25) is 0 Å². The molecule has 1 saturated heterocycles. The molecule has 1 aliphatic heterocycles. The summed E-state index contributed by atoms with van der Waals surface area (Å²) in [5, 5.41) is 21.9. The van der Waals surface area contributed by atoms with Gasteiger partial charge in [0, 0.05) is 25.7 Å². The van der Waals surface area contributed by atoms with Gasteiger partial charge in [0.15, 0.2) is 0 Å². The van der Waals surface area contributed by atoms with E-state index in [-0.39, 0.29) is 6.61 Å². The minimum atomic E-state index is 0.185. The predicted octanol–water partition coefficient (Wildman–Crippen LogP) is 0.938. The molecular weight excluding hydrogens is 228 g/mol. The van der Waals surface area contributed by atoms with Crippen LogP contribution in [0.3, 0.4) is 0 Å². The van der Waals surface area contributed by atoms with E-state index in [0.717, 1.165) is 19.6 Å². The lowest BCUT2D eigenvalue weighted by atomic mass is 10.1. The zero-order valence-electron chi connectivity index (χ0n) is 10.7. The first-order chi connectivity index (χ1) is 8.78. The van der Waals surface area contributed by atoms with Crippen LogP contribution in [0.5, 0.6) is 5.75 Å². The molecule has 18 heavy (non-hydrogen) atoms. The molecule has 4 nitrogen and oxygen atoms in total. The first-order valence-corrected chi connectivity index (χ1v) is 6.62. The lowest BCUT2D eigenvalue weighted by Gasteiger charge is -2.25. The molecule has 0 bridgehead atoms. The molecule has 1 atom stereocenters. The molecular formula is C14H22N2O2. The maximum atomic E-state index is 9.26. The van der Waals surface area contributed by atoms with Crippen molar-refractivity contribution in [1.82, 2.24) is 10.2 Å². The van der Waals surface area contributed by atoms with Crippen molar-refractivity contribution >= 4 is 0 Å². The smallest absolute Gasteiger partial charge is 0.115 e. The number of aliphatic hydroxyl groups is 1. The van der Waals surface area contributed by atoms with Crippen LogP contribution in [0.1, 0.15) is 18.4 Å². The van der Waals surface area contributed by atoms with Crippen molar-refractivity contribution in [3.63, 3.8) is 0 Å². The number of benzene rings is 1. The van der Waals surface area contributed by atoms with Crippen molar-refractivity contribution in [2.45, 2.75) is 25.4 Å². The molecule has 0 spiro atoms. The van der Waals surface area contributed by atoms with Gasteiger partial charge in [-0.05, 0) is 37.1 Å². The molecule has 1 aromatic rings. The van der Waals surface area contributed by atoms with E-state index in [0.29, 0.717) is 18.3 Å². The summed E-state index contributed by atoms with van der Waals surface area (Å²) in [6, 6.07) is 7.83. The summed E-state index contributed by atoms with van der Waals surface area (Å²) < 4.78 is 0. The molecule has 0 saturated carbocycles. The third kappa shape index (κ3) is 3.98. The minimum absolute atomic E-state index is 0.185. The maximum Gasteiger partial charge on any atom is 0.115 e. The Balaban J connectivity index is 1.90. The molecule has 4 heteroatoms. The number of aliphatic hydroxyl groups excluding tert-OH is 1. The minimum Gasteiger partial charge on any atom is -0.508 e. The van der Waals surface area contributed by atoms with Gasteiger partial charge < -0.3 is 15.5 Å². The Labute approximate surface area is 108 Å². The third-order valence-corrected chi connectivity index (χ3v) is 3.40. The highest BCUT2D eigenvalue weighted by molar-refractivity contribution is 5.25. The van der Waals surface area contributed by atoms with Gasteiger partial charge >= 0.3 is 0 Å². The average molecular weight is 250 g/mol. The van der Waals surface area contributed by atoms with Crippen molar-refractivity contribution in [2.75, 3.05) is 26.2 Å². The Hall–Kier alpha value is -1.10. The number of nitrogens with zero attached hydrogens (tertiary/aromatic N) is 1. The molecule has 1 aromatic carbocycles. The molecule has 0 amide bonds. The number of rotatable bonds is 6. The van der Waals surface area contributed by atoms with E-state index in [1.54, 1.807) is 12.1 Å². The van der Waals surface area contributed by atoms with Gasteiger partial charge in [-0.15, -0.1) is 0 Å². The molecule has 100 valence electrons. The Bertz CT molecular complexity index is 347. The quantitative estimate of drug-likeness (QED) is 0.703. The molecule has 1 unspecified atom stereocenters. The summed E-state index contributed by atoms with van der Waals surface area (Å²) >= 11 is 0. The largest absolute Gasteiger partial charge is 0.508 e. The highest BCUT2D eigenvalue weighted by Crippen LogP contribution is 2.13. The van der Waals surface area contributed by atoms with Crippen molar-refractivity contribution < 1.29 is 10.2 Å². The van der Waals surface area contributed by atoms with E-state index in [4.69, 9.17) is 5.11 Å². The maximum absolute atomic E-state index is 9.26. The summed E-state index contributed by atoms with van der Waals surface area (Å²) in [5.74, 6) is 0.296. The van der Waals surface area contributed by atoms with Gasteiger partial charge in [-0.2, -0.15) is 0 Å². The SMILES string of the molecule is OCCN(Cc1ccc(O)cc1)CC1CCCN1. The van der Waals surface area contributed by atoms with Crippen LogP contribution < -0.4 is 5.32 Å². The number of phenols is 1. The van der Waals surface area contributed by atoms with Gasteiger partial charge in [-0.3, -0.25) is 4.90 Å². The zero-order chi connectivity index (χ0) is 12.8. The van der Waals surface area contributed by atoms with Crippen LogP contribution in [-0.4, -0.2) is 47.4 Å². The highest BCUT2D eigenvalue weighted by Gasteiger charge is 2.17. The fourth-order valence-corrected chi connectivity index (χ4v) is 2.46. The topological polar surface area (TPSA) is 55.7 Å². The first-order valence-electron chi connectivity index (χ1n) is 6.62. The van der Waals surface area contributed by atoms with E-state index in [1.165, 1.54) is 18.4 Å². The number of aromatic hydroxyl groups is 1. The van der Waals surface area contributed by atoms with Crippen LogP contribution in [0.15, 0.2) is 24.3 Å². The molecule has 0 aromatic heterocycles. The van der Waals surface area contributed by atoms with Gasteiger partial charge in [0.05, 0.1) is 6.61 Å². The third-order valence-electron chi connectivity index (χ3n) is 3.40. The molecule has 1 heterocycles. The number of hydrogen-bond acceptors (Lipinski definition) is 4. The highest BCUT2D eigenvalue weighted by atomic mass is 16.3. The fraction of sp³-hybridized carbons (Fsp3) is 0.571. The normalized spacial score (nSPS) is 19.6. The Morgan fingerprint density at radius 2 is 2.06 bits per heavy atom. The Morgan fingerprint density at radius 1 is 1.28 bits per heavy atom. The fourth-order valence-electron chi connectivity index (χ4n) is 2.46. The summed E-state index contributed by atoms with van der Waals surface area (Å²) in [7, 11) is 0. The molecule has 2 rings (SSSR count). The zero-order valence-corrected chi connectivity index (χ0v) is 10.7. The van der Waals surface area contributed by atoms with Gasteiger partial charge in [0.1, 0.15) is 5.75 Å². The van der Waals surface area contributed by atoms with E-state index < -0.39 is 0 Å². The summed E-state index contributed by atoms with van der Waals surface area (Å²) in [5.41, 5.74) is 1.17. The van der Waals surface area contributed by atoms with Crippen LogP contribution >= 0.6 is 0 Å². The second kappa shape index (κ2) is 6.73.